The summed E-state index contributed by atoms with van der Waals surface area (Å²) < 4.78 is 27.0. The molecule has 0 aliphatic carbocycles. The molecule has 0 bridgehead atoms. The minimum Gasteiger partial charge on any atom is -0.368 e. The van der Waals surface area contributed by atoms with E-state index in [-0.39, 0.29) is 22.9 Å². The molecule has 206 valence electrons. The Bertz CT molecular complexity index is 1990. The van der Waals surface area contributed by atoms with Crippen LogP contribution in [-0.2, 0) is 10.0 Å². The lowest BCUT2D eigenvalue weighted by molar-refractivity contribution is 0.600. The first-order valence-electron chi connectivity index (χ1n) is 12.5. The number of fused-ring (bicyclic) bond motifs is 1. The molecule has 3 aromatic heterocycles. The normalized spacial score (nSPS) is 12.0. The summed E-state index contributed by atoms with van der Waals surface area (Å²) in [6.45, 7) is 1.86. The Morgan fingerprint density at radius 3 is 2.54 bits per heavy atom. The fourth-order valence-corrected chi connectivity index (χ4v) is 5.07. The average Bonchev–Trinajstić information content (AvgIpc) is 2.96. The van der Waals surface area contributed by atoms with Gasteiger partial charge in [-0.15, -0.1) is 0 Å². The number of rotatable bonds is 7. The maximum absolute atomic E-state index is 14.4. The molecule has 3 N–H and O–H groups in total. The third kappa shape index (κ3) is 5.30. The molecule has 0 radical (unpaired) electrons. The van der Waals surface area contributed by atoms with Gasteiger partial charge >= 0.3 is 0 Å². The van der Waals surface area contributed by atoms with Crippen molar-refractivity contribution in [2.75, 3.05) is 28.7 Å². The first kappa shape index (κ1) is 27.3. The average molecular weight is 567 g/mol. The van der Waals surface area contributed by atoms with Crippen LogP contribution in [0.5, 0.6) is 0 Å². The second-order valence-electron chi connectivity index (χ2n) is 9.45. The van der Waals surface area contributed by atoms with E-state index in [1.54, 1.807) is 16.8 Å². The van der Waals surface area contributed by atoms with Gasteiger partial charge in [-0.1, -0.05) is 36.4 Å². The quantitative estimate of drug-likeness (QED) is 0.298. The van der Waals surface area contributed by atoms with E-state index in [2.05, 4.69) is 26.3 Å². The smallest absolute Gasteiger partial charge is 0.263 e. The fraction of sp³-hybridized carbons (Fsp3) is 0.138. The van der Waals surface area contributed by atoms with E-state index >= 15 is 0 Å². The van der Waals surface area contributed by atoms with E-state index < -0.39 is 16.1 Å². The zero-order valence-electron chi connectivity index (χ0n) is 22.5. The van der Waals surface area contributed by atoms with Crippen LogP contribution in [0.4, 0.5) is 17.5 Å². The summed E-state index contributed by atoms with van der Waals surface area (Å²) in [5, 5.41) is 13.9. The Morgan fingerprint density at radius 2 is 1.83 bits per heavy atom. The third-order valence-corrected chi connectivity index (χ3v) is 7.92. The summed E-state index contributed by atoms with van der Waals surface area (Å²) in [7, 11) is -2.06. The highest BCUT2D eigenvalue weighted by atomic mass is 32.2. The van der Waals surface area contributed by atoms with Gasteiger partial charge in [0.25, 0.3) is 5.56 Å². The van der Waals surface area contributed by atoms with Crippen molar-refractivity contribution in [2.24, 2.45) is 0 Å². The number of pyridine rings is 2. The second kappa shape index (κ2) is 10.7. The van der Waals surface area contributed by atoms with Crippen LogP contribution < -0.4 is 20.9 Å². The molecule has 5 aromatic rings. The Kier molecular flexibility index (Phi) is 7.13. The number of nitrogen functional groups attached to an aromatic ring is 1. The summed E-state index contributed by atoms with van der Waals surface area (Å²) in [6, 6.07) is 19.9. The third-order valence-electron chi connectivity index (χ3n) is 6.71. The molecule has 0 aliphatic heterocycles. The van der Waals surface area contributed by atoms with E-state index in [9.17, 15) is 18.5 Å². The van der Waals surface area contributed by atoms with Crippen molar-refractivity contribution in [3.8, 4) is 22.9 Å². The standard InChI is InChI=1S/C29H26N8O3S/c1-18(34-27-21(14-30)16-33-29(31)35-27)25-13-19-8-7-11-24(20-12-23(17-32-15-20)36(2)41(3,39)40)26(19)28(38)37(25)22-9-5-4-6-10-22/h4-13,15-18H,1-3H3,(H3,31,33,34,35)/t18-/m0/s1. The molecule has 11 nitrogen and oxygen atoms in total. The molecule has 2 aromatic carbocycles. The highest BCUT2D eigenvalue weighted by Gasteiger charge is 2.21. The van der Waals surface area contributed by atoms with Crippen LogP contribution in [-0.4, -0.2) is 41.2 Å². The van der Waals surface area contributed by atoms with E-state index in [1.165, 1.54) is 19.4 Å². The van der Waals surface area contributed by atoms with Crippen molar-refractivity contribution >= 4 is 38.2 Å². The number of nitrogens with zero attached hydrogens (tertiary/aromatic N) is 6. The van der Waals surface area contributed by atoms with Crippen LogP contribution in [0.25, 0.3) is 27.6 Å². The second-order valence-corrected chi connectivity index (χ2v) is 11.5. The molecule has 5 rings (SSSR count). The van der Waals surface area contributed by atoms with Crippen LogP contribution in [0.1, 0.15) is 24.2 Å². The van der Waals surface area contributed by atoms with E-state index in [1.807, 2.05) is 61.5 Å². The Morgan fingerprint density at radius 1 is 1.07 bits per heavy atom. The van der Waals surface area contributed by atoms with E-state index in [4.69, 9.17) is 5.73 Å². The Balaban J connectivity index is 1.73. The van der Waals surface area contributed by atoms with Crippen molar-refractivity contribution in [1.82, 2.24) is 19.5 Å². The van der Waals surface area contributed by atoms with Crippen LogP contribution in [0.3, 0.4) is 0 Å². The molecule has 0 spiro atoms. The number of anilines is 3. The highest BCUT2D eigenvalue weighted by Crippen LogP contribution is 2.32. The van der Waals surface area contributed by atoms with Gasteiger partial charge in [-0.3, -0.25) is 18.7 Å². The number of hydrogen-bond donors (Lipinski definition) is 2. The van der Waals surface area contributed by atoms with Gasteiger partial charge in [-0.05, 0) is 42.1 Å². The molecule has 3 heterocycles. The van der Waals surface area contributed by atoms with Crippen LogP contribution in [0.2, 0.25) is 0 Å². The lowest BCUT2D eigenvalue weighted by Gasteiger charge is -2.22. The van der Waals surface area contributed by atoms with Crippen LogP contribution >= 0.6 is 0 Å². The first-order chi connectivity index (χ1) is 19.6. The minimum absolute atomic E-state index is 0.0136. The topological polar surface area (TPSA) is 160 Å². The predicted octanol–water partition coefficient (Wildman–Crippen LogP) is 3.87. The van der Waals surface area contributed by atoms with E-state index in [0.29, 0.717) is 39.0 Å². The van der Waals surface area contributed by atoms with Crippen LogP contribution in [0.15, 0.2) is 84.0 Å². The fourth-order valence-electron chi connectivity index (χ4n) is 4.59. The van der Waals surface area contributed by atoms with Crippen molar-refractivity contribution < 1.29 is 8.42 Å². The number of sulfonamides is 1. The zero-order chi connectivity index (χ0) is 29.3. The number of benzene rings is 2. The molecule has 12 heteroatoms. The number of aromatic nitrogens is 4. The maximum Gasteiger partial charge on any atom is 0.263 e. The summed E-state index contributed by atoms with van der Waals surface area (Å²) >= 11 is 0. The number of nitrogens with one attached hydrogen (secondary N) is 1. The monoisotopic (exact) mass is 566 g/mol. The molecule has 0 fully saturated rings. The number of hydrogen-bond acceptors (Lipinski definition) is 9. The Hall–Kier alpha value is -5.28. The molecule has 41 heavy (non-hydrogen) atoms. The largest absolute Gasteiger partial charge is 0.368 e. The van der Waals surface area contributed by atoms with E-state index in [0.717, 1.165) is 10.6 Å². The van der Waals surface area contributed by atoms with Crippen molar-refractivity contribution in [2.45, 2.75) is 13.0 Å². The van der Waals surface area contributed by atoms with Gasteiger partial charge in [0.2, 0.25) is 16.0 Å². The molecule has 0 aliphatic rings. The summed E-state index contributed by atoms with van der Waals surface area (Å²) in [5.41, 5.74) is 8.54. The first-order valence-corrected chi connectivity index (χ1v) is 14.4. The van der Waals surface area contributed by atoms with Gasteiger partial charge in [0.15, 0.2) is 0 Å². The van der Waals surface area contributed by atoms with Crippen molar-refractivity contribution in [3.05, 3.63) is 101 Å². The highest BCUT2D eigenvalue weighted by molar-refractivity contribution is 7.92. The van der Waals surface area contributed by atoms with Crippen molar-refractivity contribution in [3.63, 3.8) is 0 Å². The van der Waals surface area contributed by atoms with Gasteiger partial charge in [-0.25, -0.2) is 13.4 Å². The molecule has 0 amide bonds. The summed E-state index contributed by atoms with van der Waals surface area (Å²) in [5.74, 6) is 0.269. The van der Waals surface area contributed by atoms with Gasteiger partial charge in [0.05, 0.1) is 35.8 Å². The van der Waals surface area contributed by atoms with Gasteiger partial charge in [-0.2, -0.15) is 10.2 Å². The molecular weight excluding hydrogens is 540 g/mol. The number of nitrogens with two attached hydrogens (primary N) is 1. The summed E-state index contributed by atoms with van der Waals surface area (Å²) in [4.78, 5) is 26.7. The molecule has 0 saturated carbocycles. The van der Waals surface area contributed by atoms with Crippen molar-refractivity contribution in [1.29, 1.82) is 5.26 Å². The zero-order valence-corrected chi connectivity index (χ0v) is 23.3. The summed E-state index contributed by atoms with van der Waals surface area (Å²) in [6.07, 6.45) is 5.51. The van der Waals surface area contributed by atoms with Gasteiger partial charge < -0.3 is 11.1 Å². The molecule has 0 saturated heterocycles. The molecule has 0 unspecified atom stereocenters. The minimum atomic E-state index is -3.51. The lowest BCUT2D eigenvalue weighted by atomic mass is 9.98. The predicted molar refractivity (Wildman–Crippen MR) is 159 cm³/mol. The Labute approximate surface area is 236 Å². The van der Waals surface area contributed by atoms with Gasteiger partial charge in [0, 0.05) is 30.2 Å². The number of para-hydroxylation sites is 1. The maximum atomic E-state index is 14.4. The number of nitriles is 1. The lowest BCUT2D eigenvalue weighted by Crippen LogP contribution is -2.26. The van der Waals surface area contributed by atoms with Gasteiger partial charge in [0.1, 0.15) is 17.5 Å². The van der Waals surface area contributed by atoms with Crippen LogP contribution in [0, 0.1) is 11.3 Å². The molecule has 1 atom stereocenters. The SMILES string of the molecule is C[C@H](Nc1nc(N)ncc1C#N)c1cc2cccc(-c3cncc(N(C)S(C)(=O)=O)c3)c2c(=O)n1-c1ccccc1. The molecular formula is C29H26N8O3S.